The van der Waals surface area contributed by atoms with Gasteiger partial charge in [0.15, 0.2) is 5.96 Å². The molecule has 0 aromatic carbocycles. The Morgan fingerprint density at radius 1 is 1.18 bits per heavy atom. The minimum absolute atomic E-state index is 0.591. The van der Waals surface area contributed by atoms with Crippen LogP contribution in [0.4, 0.5) is 0 Å². The fourth-order valence-electron chi connectivity index (χ4n) is 2.19. The molecule has 0 aromatic heterocycles. The highest BCUT2D eigenvalue weighted by Crippen LogP contribution is 2.12. The lowest BCUT2D eigenvalue weighted by Crippen LogP contribution is -2.38. The minimum atomic E-state index is 0.591. The maximum atomic E-state index is 5.68. The van der Waals surface area contributed by atoms with Gasteiger partial charge in [0.25, 0.3) is 0 Å². The van der Waals surface area contributed by atoms with Crippen LogP contribution in [-0.2, 0) is 14.2 Å². The van der Waals surface area contributed by atoms with Crippen LogP contribution in [-0.4, -0.2) is 65.2 Å². The Bertz CT molecular complexity index is 282. The lowest BCUT2D eigenvalue weighted by Gasteiger charge is -2.11. The zero-order valence-corrected chi connectivity index (χ0v) is 14.2. The molecular formula is C16H33N3O3. The van der Waals surface area contributed by atoms with Gasteiger partial charge in [-0.25, -0.2) is 0 Å². The SMILES string of the molecule is CCNC(=NCCCOCC1CCOC1)NCCCOCC. The normalized spacial score (nSPS) is 18.6. The quantitative estimate of drug-likeness (QED) is 0.324. The van der Waals surface area contributed by atoms with E-state index in [1.165, 1.54) is 0 Å². The Morgan fingerprint density at radius 2 is 2.05 bits per heavy atom. The van der Waals surface area contributed by atoms with Crippen molar-refractivity contribution in [1.29, 1.82) is 0 Å². The van der Waals surface area contributed by atoms with Crippen LogP contribution in [0.2, 0.25) is 0 Å². The lowest BCUT2D eigenvalue weighted by atomic mass is 10.1. The first-order valence-electron chi connectivity index (χ1n) is 8.62. The molecule has 6 nitrogen and oxygen atoms in total. The molecule has 0 aromatic rings. The van der Waals surface area contributed by atoms with Crippen LogP contribution in [0.25, 0.3) is 0 Å². The molecule has 1 fully saturated rings. The van der Waals surface area contributed by atoms with Gasteiger partial charge in [0.05, 0.1) is 13.2 Å². The van der Waals surface area contributed by atoms with E-state index in [0.29, 0.717) is 5.92 Å². The first-order chi connectivity index (χ1) is 10.9. The van der Waals surface area contributed by atoms with E-state index in [1.54, 1.807) is 0 Å². The zero-order valence-electron chi connectivity index (χ0n) is 14.2. The summed E-state index contributed by atoms with van der Waals surface area (Å²) in [6, 6.07) is 0. The molecular weight excluding hydrogens is 282 g/mol. The summed E-state index contributed by atoms with van der Waals surface area (Å²) in [5.74, 6) is 1.47. The van der Waals surface area contributed by atoms with E-state index < -0.39 is 0 Å². The van der Waals surface area contributed by atoms with Gasteiger partial charge < -0.3 is 24.8 Å². The van der Waals surface area contributed by atoms with E-state index in [2.05, 4.69) is 22.5 Å². The van der Waals surface area contributed by atoms with Crippen molar-refractivity contribution >= 4 is 5.96 Å². The second-order valence-electron chi connectivity index (χ2n) is 5.40. The molecule has 0 aliphatic carbocycles. The fraction of sp³-hybridized carbons (Fsp3) is 0.938. The summed E-state index contributed by atoms with van der Waals surface area (Å²) < 4.78 is 16.3. The van der Waals surface area contributed by atoms with Crippen molar-refractivity contribution in [3.05, 3.63) is 0 Å². The first-order valence-corrected chi connectivity index (χ1v) is 8.62. The van der Waals surface area contributed by atoms with Crippen LogP contribution in [0, 0.1) is 5.92 Å². The molecule has 1 unspecified atom stereocenters. The summed E-state index contributed by atoms with van der Waals surface area (Å²) in [5.41, 5.74) is 0. The molecule has 0 bridgehead atoms. The number of rotatable bonds is 12. The van der Waals surface area contributed by atoms with Gasteiger partial charge >= 0.3 is 0 Å². The fourth-order valence-corrected chi connectivity index (χ4v) is 2.19. The second-order valence-corrected chi connectivity index (χ2v) is 5.40. The highest BCUT2D eigenvalue weighted by Gasteiger charge is 2.14. The molecule has 1 rings (SSSR count). The first kappa shape index (κ1) is 19.2. The third kappa shape index (κ3) is 9.97. The number of nitrogens with zero attached hydrogens (tertiary/aromatic N) is 1. The Morgan fingerprint density at radius 3 is 2.77 bits per heavy atom. The zero-order chi connectivity index (χ0) is 15.9. The van der Waals surface area contributed by atoms with E-state index in [9.17, 15) is 0 Å². The van der Waals surface area contributed by atoms with E-state index in [0.717, 1.165) is 84.5 Å². The highest BCUT2D eigenvalue weighted by molar-refractivity contribution is 5.79. The lowest BCUT2D eigenvalue weighted by molar-refractivity contribution is 0.0893. The maximum absolute atomic E-state index is 5.68. The van der Waals surface area contributed by atoms with Crippen molar-refractivity contribution in [1.82, 2.24) is 10.6 Å². The summed E-state index contributed by atoms with van der Waals surface area (Å²) in [5, 5.41) is 6.57. The number of guanidine groups is 1. The van der Waals surface area contributed by atoms with Gasteiger partial charge in [0, 0.05) is 52.0 Å². The van der Waals surface area contributed by atoms with E-state index in [4.69, 9.17) is 14.2 Å². The van der Waals surface area contributed by atoms with Crippen molar-refractivity contribution in [2.24, 2.45) is 10.9 Å². The van der Waals surface area contributed by atoms with Crippen LogP contribution < -0.4 is 10.6 Å². The molecule has 0 spiro atoms. The van der Waals surface area contributed by atoms with Crippen molar-refractivity contribution in [3.63, 3.8) is 0 Å². The largest absolute Gasteiger partial charge is 0.382 e. The predicted molar refractivity (Wildman–Crippen MR) is 89.5 cm³/mol. The van der Waals surface area contributed by atoms with Gasteiger partial charge in [-0.1, -0.05) is 0 Å². The monoisotopic (exact) mass is 315 g/mol. The van der Waals surface area contributed by atoms with Crippen molar-refractivity contribution in [2.45, 2.75) is 33.1 Å². The van der Waals surface area contributed by atoms with Gasteiger partial charge in [0.1, 0.15) is 0 Å². The number of nitrogens with one attached hydrogen (secondary N) is 2. The van der Waals surface area contributed by atoms with Crippen molar-refractivity contribution < 1.29 is 14.2 Å². The molecule has 0 amide bonds. The Balaban J connectivity index is 2.02. The predicted octanol–water partition coefficient (Wildman–Crippen LogP) is 1.41. The number of aliphatic imine (C=N–C) groups is 1. The molecule has 1 heterocycles. The summed E-state index contributed by atoms with van der Waals surface area (Å²) in [6.07, 6.45) is 3.07. The topological polar surface area (TPSA) is 64.1 Å². The van der Waals surface area contributed by atoms with Crippen LogP contribution in [0.15, 0.2) is 4.99 Å². The summed E-state index contributed by atoms with van der Waals surface area (Å²) in [7, 11) is 0. The van der Waals surface area contributed by atoms with Crippen LogP contribution in [0.3, 0.4) is 0 Å². The molecule has 130 valence electrons. The Kier molecular flexibility index (Phi) is 12.0. The van der Waals surface area contributed by atoms with Gasteiger partial charge in [0.2, 0.25) is 0 Å². The standard InChI is InChI=1S/C16H33N3O3/c1-3-17-16(18-8-5-10-20-4-2)19-9-6-11-21-13-15-7-12-22-14-15/h15H,3-14H2,1-2H3,(H2,17,18,19). The van der Waals surface area contributed by atoms with Gasteiger partial charge in [-0.3, -0.25) is 4.99 Å². The molecule has 1 atom stereocenters. The average Bonchev–Trinajstić information content (AvgIpc) is 3.03. The van der Waals surface area contributed by atoms with Gasteiger partial charge in [-0.05, 0) is 33.1 Å². The van der Waals surface area contributed by atoms with Crippen LogP contribution in [0.1, 0.15) is 33.1 Å². The minimum Gasteiger partial charge on any atom is -0.382 e. The molecule has 0 radical (unpaired) electrons. The van der Waals surface area contributed by atoms with Crippen molar-refractivity contribution in [3.8, 4) is 0 Å². The third-order valence-corrected chi connectivity index (χ3v) is 3.40. The Labute approximate surface area is 135 Å². The van der Waals surface area contributed by atoms with E-state index >= 15 is 0 Å². The van der Waals surface area contributed by atoms with Crippen LogP contribution >= 0.6 is 0 Å². The second kappa shape index (κ2) is 13.8. The molecule has 1 aliphatic heterocycles. The molecule has 6 heteroatoms. The highest BCUT2D eigenvalue weighted by atomic mass is 16.5. The van der Waals surface area contributed by atoms with E-state index in [1.807, 2.05) is 6.92 Å². The van der Waals surface area contributed by atoms with E-state index in [-0.39, 0.29) is 0 Å². The van der Waals surface area contributed by atoms with Crippen molar-refractivity contribution in [2.75, 3.05) is 59.3 Å². The molecule has 1 saturated heterocycles. The summed E-state index contributed by atoms with van der Waals surface area (Å²) in [4.78, 5) is 4.55. The number of ether oxygens (including phenoxy) is 3. The van der Waals surface area contributed by atoms with Gasteiger partial charge in [-0.15, -0.1) is 0 Å². The van der Waals surface area contributed by atoms with Gasteiger partial charge in [-0.2, -0.15) is 0 Å². The average molecular weight is 315 g/mol. The molecule has 22 heavy (non-hydrogen) atoms. The smallest absolute Gasteiger partial charge is 0.191 e. The molecule has 2 N–H and O–H groups in total. The molecule has 0 saturated carbocycles. The third-order valence-electron chi connectivity index (χ3n) is 3.40. The summed E-state index contributed by atoms with van der Waals surface area (Å²) in [6.45, 7) is 11.5. The summed E-state index contributed by atoms with van der Waals surface area (Å²) >= 11 is 0. The Hall–Kier alpha value is -0.850. The number of hydrogen-bond donors (Lipinski definition) is 2. The molecule has 1 aliphatic rings. The van der Waals surface area contributed by atoms with Crippen LogP contribution in [0.5, 0.6) is 0 Å². The maximum Gasteiger partial charge on any atom is 0.191 e. The number of hydrogen-bond acceptors (Lipinski definition) is 4.